The van der Waals surface area contributed by atoms with Crippen molar-refractivity contribution in [3.8, 4) is 23.8 Å². The van der Waals surface area contributed by atoms with Crippen molar-refractivity contribution in [3.05, 3.63) is 60.1 Å². The average molecular weight is 758 g/mol. The molecular formula is C36H46F2N7O7P. The van der Waals surface area contributed by atoms with Crippen molar-refractivity contribution >= 4 is 42.0 Å². The molecule has 0 aliphatic heterocycles. The topological polar surface area (TPSA) is 162 Å². The highest BCUT2D eigenvalue weighted by molar-refractivity contribution is 7.48. The lowest BCUT2D eigenvalue weighted by atomic mass is 10.2. The molecule has 2 aromatic carbocycles. The molecule has 0 aliphatic rings. The largest absolute Gasteiger partial charge is 0.493 e. The molecule has 0 saturated heterocycles. The van der Waals surface area contributed by atoms with Crippen LogP contribution >= 0.6 is 7.82 Å². The van der Waals surface area contributed by atoms with Crippen molar-refractivity contribution in [2.75, 3.05) is 50.6 Å². The summed E-state index contributed by atoms with van der Waals surface area (Å²) in [7, 11) is -2.33. The Morgan fingerprint density at radius 2 is 1.66 bits per heavy atom. The first-order chi connectivity index (χ1) is 24.9. The van der Waals surface area contributed by atoms with Crippen LogP contribution in [0.5, 0.6) is 11.5 Å². The number of aromatic amines is 1. The van der Waals surface area contributed by atoms with Gasteiger partial charge in [0.2, 0.25) is 5.91 Å². The van der Waals surface area contributed by atoms with E-state index in [9.17, 15) is 18.1 Å². The highest BCUT2D eigenvalue weighted by atomic mass is 31.2. The monoisotopic (exact) mass is 757 g/mol. The van der Waals surface area contributed by atoms with Gasteiger partial charge in [0.1, 0.15) is 23.8 Å². The van der Waals surface area contributed by atoms with Crippen LogP contribution in [0, 0.1) is 24.0 Å². The number of anilines is 3. The molecule has 0 saturated carbocycles. The second-order valence-electron chi connectivity index (χ2n) is 13.9. The van der Waals surface area contributed by atoms with Gasteiger partial charge >= 0.3 is 7.82 Å². The number of fused-ring (bicyclic) bond motifs is 1. The van der Waals surface area contributed by atoms with Crippen LogP contribution in [0.2, 0.25) is 0 Å². The van der Waals surface area contributed by atoms with Crippen LogP contribution < -0.4 is 20.1 Å². The molecule has 14 nitrogen and oxygen atoms in total. The van der Waals surface area contributed by atoms with Gasteiger partial charge in [-0.25, -0.2) is 23.3 Å². The Bertz CT molecular complexity index is 1920. The number of rotatable bonds is 18. The molecule has 0 atom stereocenters. The van der Waals surface area contributed by atoms with E-state index in [1.165, 1.54) is 13.4 Å². The number of aromatic nitrogens is 4. The molecule has 0 radical (unpaired) electrons. The zero-order chi connectivity index (χ0) is 38.8. The van der Waals surface area contributed by atoms with Crippen LogP contribution in [0.1, 0.15) is 53.7 Å². The molecule has 1 amide bonds. The molecule has 53 heavy (non-hydrogen) atoms. The fourth-order valence-electron chi connectivity index (χ4n) is 4.97. The third kappa shape index (κ3) is 13.4. The summed E-state index contributed by atoms with van der Waals surface area (Å²) in [5.74, 6) is 2.28. The number of carbonyl (C=O) groups excluding carboxylic acids is 1. The maximum Gasteiger partial charge on any atom is 0.475 e. The van der Waals surface area contributed by atoms with Gasteiger partial charge in [-0.05, 0) is 66.2 Å². The SMILES string of the molecule is C#CCN(CCCOc1cc2ncnc(Nc3cc(CC(=O)Nc4cc(F)cc(F)c4)[nH]n3)c2cc1OC)CCOP(=O)(OC(C)(C)C)OC(C)(C)C. The van der Waals surface area contributed by atoms with Gasteiger partial charge in [-0.15, -0.1) is 6.42 Å². The number of hydrogen-bond donors (Lipinski definition) is 3. The van der Waals surface area contributed by atoms with Gasteiger partial charge in [-0.1, -0.05) is 5.92 Å². The highest BCUT2D eigenvalue weighted by Crippen LogP contribution is 2.55. The zero-order valence-electron chi connectivity index (χ0n) is 30.9. The van der Waals surface area contributed by atoms with Gasteiger partial charge in [-0.3, -0.25) is 28.4 Å². The van der Waals surface area contributed by atoms with Crippen LogP contribution in [0.4, 0.5) is 26.1 Å². The van der Waals surface area contributed by atoms with E-state index in [-0.39, 0.29) is 18.7 Å². The van der Waals surface area contributed by atoms with Crippen molar-refractivity contribution in [1.29, 1.82) is 0 Å². The predicted molar refractivity (Wildman–Crippen MR) is 197 cm³/mol. The number of H-pyrrole nitrogens is 1. The molecule has 286 valence electrons. The van der Waals surface area contributed by atoms with E-state index in [0.717, 1.165) is 18.2 Å². The van der Waals surface area contributed by atoms with Crippen LogP contribution in [-0.4, -0.2) is 82.1 Å². The minimum absolute atomic E-state index is 0.00505. The number of hydrogen-bond acceptors (Lipinski definition) is 12. The quantitative estimate of drug-likeness (QED) is 0.0541. The third-order valence-corrected chi connectivity index (χ3v) is 8.96. The maximum atomic E-state index is 13.5. The van der Waals surface area contributed by atoms with E-state index < -0.39 is 36.6 Å². The summed E-state index contributed by atoms with van der Waals surface area (Å²) in [6.07, 6.45) is 7.48. The van der Waals surface area contributed by atoms with Gasteiger partial charge in [0.25, 0.3) is 0 Å². The van der Waals surface area contributed by atoms with Crippen LogP contribution in [-0.2, 0) is 29.4 Å². The summed E-state index contributed by atoms with van der Waals surface area (Å²) in [5.41, 5.74) is -0.458. The Morgan fingerprint density at radius 3 is 2.30 bits per heavy atom. The standard InChI is InChI=1S/C36H46F2N7O7P/c1-9-11-45(13-15-50-53(47,51-35(2,3)4)52-36(5,6)7)12-10-14-49-31-22-29-28(21-30(31)48-8)34(40-23-39-29)42-32-19-27(43-44-32)20-33(46)41-26-17-24(37)16-25(38)18-26/h1,16-19,21-23H,10-15,20H2,2-8H3,(H,41,46)(H2,39,40,42,43,44). The predicted octanol–water partition coefficient (Wildman–Crippen LogP) is 7.02. The number of methoxy groups -OCH3 is 1. The van der Waals surface area contributed by atoms with Crippen molar-refractivity contribution in [3.63, 3.8) is 0 Å². The molecule has 2 heterocycles. The Hall–Kier alpha value is -4.65. The maximum absolute atomic E-state index is 13.5. The highest BCUT2D eigenvalue weighted by Gasteiger charge is 2.37. The van der Waals surface area contributed by atoms with Gasteiger partial charge in [-0.2, -0.15) is 5.10 Å². The number of nitrogens with one attached hydrogen (secondary N) is 3. The summed E-state index contributed by atoms with van der Waals surface area (Å²) < 4.78 is 69.1. The van der Waals surface area contributed by atoms with Gasteiger partial charge < -0.3 is 20.1 Å². The lowest BCUT2D eigenvalue weighted by molar-refractivity contribution is -0.115. The van der Waals surface area contributed by atoms with Gasteiger partial charge in [0.15, 0.2) is 17.3 Å². The fraction of sp³-hybridized carbons (Fsp3) is 0.444. The Balaban J connectivity index is 1.33. The van der Waals surface area contributed by atoms with Crippen molar-refractivity contribution in [1.82, 2.24) is 25.1 Å². The molecule has 3 N–H and O–H groups in total. The van der Waals surface area contributed by atoms with Crippen molar-refractivity contribution in [2.24, 2.45) is 0 Å². The number of phosphoric acid groups is 1. The molecule has 4 aromatic rings. The summed E-state index contributed by atoms with van der Waals surface area (Å²) >= 11 is 0. The first-order valence-corrected chi connectivity index (χ1v) is 18.2. The molecule has 0 fully saturated rings. The Kier molecular flexibility index (Phi) is 13.9. The summed E-state index contributed by atoms with van der Waals surface area (Å²) in [5, 5.41) is 13.2. The van der Waals surface area contributed by atoms with Gasteiger partial charge in [0, 0.05) is 48.1 Å². The summed E-state index contributed by atoms with van der Waals surface area (Å²) in [6.45, 7) is 12.4. The number of phosphoric ester groups is 1. The Morgan fingerprint density at radius 1 is 0.962 bits per heavy atom. The molecule has 4 rings (SSSR count). The number of ether oxygens (including phenoxy) is 2. The van der Waals surface area contributed by atoms with E-state index in [0.29, 0.717) is 72.4 Å². The fourth-order valence-corrected chi connectivity index (χ4v) is 6.76. The molecule has 0 aliphatic carbocycles. The minimum Gasteiger partial charge on any atom is -0.493 e. The second kappa shape index (κ2) is 17.9. The number of terminal acetylenes is 1. The molecule has 0 bridgehead atoms. The zero-order valence-corrected chi connectivity index (χ0v) is 31.8. The summed E-state index contributed by atoms with van der Waals surface area (Å²) in [6, 6.07) is 7.86. The molecule has 0 unspecified atom stereocenters. The van der Waals surface area contributed by atoms with E-state index in [1.54, 1.807) is 59.7 Å². The van der Waals surface area contributed by atoms with E-state index in [1.807, 2.05) is 4.90 Å². The normalized spacial score (nSPS) is 12.2. The first-order valence-electron chi connectivity index (χ1n) is 16.8. The van der Waals surface area contributed by atoms with Crippen LogP contribution in [0.3, 0.4) is 0 Å². The summed E-state index contributed by atoms with van der Waals surface area (Å²) in [4.78, 5) is 23.2. The minimum atomic E-state index is -3.85. The van der Waals surface area contributed by atoms with Crippen LogP contribution in [0.15, 0.2) is 42.7 Å². The van der Waals surface area contributed by atoms with E-state index >= 15 is 0 Å². The number of carbonyl (C=O) groups is 1. The average Bonchev–Trinajstić information content (AvgIpc) is 3.46. The third-order valence-electron chi connectivity index (χ3n) is 6.91. The Labute approximate surface area is 307 Å². The first kappa shape index (κ1) is 41.1. The lowest BCUT2D eigenvalue weighted by Crippen LogP contribution is -2.31. The molecular weight excluding hydrogens is 711 g/mol. The molecule has 2 aromatic heterocycles. The number of benzene rings is 2. The number of nitrogens with zero attached hydrogens (tertiary/aromatic N) is 4. The van der Waals surface area contributed by atoms with E-state index in [4.69, 9.17) is 29.5 Å². The van der Waals surface area contributed by atoms with Crippen molar-refractivity contribution < 1.29 is 41.2 Å². The second-order valence-corrected chi connectivity index (χ2v) is 15.4. The van der Waals surface area contributed by atoms with Crippen LogP contribution in [0.25, 0.3) is 10.9 Å². The van der Waals surface area contributed by atoms with Crippen molar-refractivity contribution in [2.45, 2.75) is 65.6 Å². The lowest BCUT2D eigenvalue weighted by Gasteiger charge is -2.31. The van der Waals surface area contributed by atoms with E-state index in [2.05, 4.69) is 36.7 Å². The van der Waals surface area contributed by atoms with Gasteiger partial charge in [0.05, 0.1) is 50.0 Å². The smallest absolute Gasteiger partial charge is 0.475 e. The number of amides is 1. The number of halogens is 2. The molecule has 0 spiro atoms. The molecule has 17 heteroatoms.